The second-order valence-corrected chi connectivity index (χ2v) is 6.31. The van der Waals surface area contributed by atoms with E-state index in [0.717, 1.165) is 31.8 Å². The van der Waals surface area contributed by atoms with Gasteiger partial charge < -0.3 is 10.2 Å². The minimum absolute atomic E-state index is 0.111. The average Bonchev–Trinajstić information content (AvgIpc) is 2.75. The minimum Gasteiger partial charge on any atom is -0.468 e. The lowest BCUT2D eigenvalue weighted by molar-refractivity contribution is 0.527. The van der Waals surface area contributed by atoms with Crippen LogP contribution in [-0.2, 0) is 0 Å². The first-order chi connectivity index (χ1) is 9.13. The van der Waals surface area contributed by atoms with E-state index in [4.69, 9.17) is 15.6 Å². The van der Waals surface area contributed by atoms with Crippen LogP contribution in [0, 0.1) is 12.3 Å². The summed E-state index contributed by atoms with van der Waals surface area (Å²) in [5.41, 5.74) is 6.57. The van der Waals surface area contributed by atoms with Crippen molar-refractivity contribution in [1.82, 2.24) is 0 Å². The second kappa shape index (κ2) is 6.21. The fourth-order valence-corrected chi connectivity index (χ4v) is 3.67. The quantitative estimate of drug-likeness (QED) is 0.494. The highest BCUT2D eigenvalue weighted by Crippen LogP contribution is 2.36. The molecule has 0 radical (unpaired) electrons. The summed E-state index contributed by atoms with van der Waals surface area (Å²) in [5, 5.41) is 7.81. The van der Waals surface area contributed by atoms with E-state index in [2.05, 4.69) is 6.92 Å². The van der Waals surface area contributed by atoms with Gasteiger partial charge in [-0.2, -0.15) is 0 Å². The van der Waals surface area contributed by atoms with Crippen molar-refractivity contribution in [2.45, 2.75) is 28.5 Å². The maximum absolute atomic E-state index is 7.81. The number of amidine groups is 1. The molecular weight excluding hydrogens is 276 g/mol. The molecule has 0 saturated heterocycles. The van der Waals surface area contributed by atoms with Crippen LogP contribution < -0.4 is 5.73 Å². The van der Waals surface area contributed by atoms with E-state index < -0.39 is 0 Å². The Balaban J connectivity index is 2.42. The Kier molecular flexibility index (Phi) is 4.61. The van der Waals surface area contributed by atoms with Crippen molar-refractivity contribution in [2.75, 3.05) is 5.75 Å². The number of hydrogen-bond acceptors (Lipinski definition) is 4. The van der Waals surface area contributed by atoms with Crippen molar-refractivity contribution in [1.29, 1.82) is 5.41 Å². The molecule has 0 aliphatic carbocycles. The first-order valence-electron chi connectivity index (χ1n) is 5.95. The maximum atomic E-state index is 7.81. The summed E-state index contributed by atoms with van der Waals surface area (Å²) in [6.07, 6.45) is 1.68. The Bertz CT molecular complexity index is 593. The molecule has 3 N–H and O–H groups in total. The Morgan fingerprint density at radius 3 is 2.58 bits per heavy atom. The molecule has 0 spiro atoms. The zero-order valence-corrected chi connectivity index (χ0v) is 12.5. The fraction of sp³-hybridized carbons (Fsp3) is 0.214. The zero-order chi connectivity index (χ0) is 13.8. The number of aryl methyl sites for hydroxylation is 1. The van der Waals surface area contributed by atoms with Crippen LogP contribution in [-0.4, -0.2) is 11.6 Å². The molecule has 0 aliphatic heterocycles. The molecule has 0 aliphatic rings. The van der Waals surface area contributed by atoms with Crippen molar-refractivity contribution in [2.24, 2.45) is 5.73 Å². The Morgan fingerprint density at radius 2 is 2.00 bits per heavy atom. The summed E-state index contributed by atoms with van der Waals surface area (Å²) in [5.74, 6) is 1.95. The van der Waals surface area contributed by atoms with E-state index in [9.17, 15) is 0 Å². The number of rotatable bonds is 5. The van der Waals surface area contributed by atoms with Crippen LogP contribution >= 0.6 is 23.5 Å². The van der Waals surface area contributed by atoms with Crippen molar-refractivity contribution < 1.29 is 4.42 Å². The smallest absolute Gasteiger partial charge is 0.125 e. The second-order valence-electron chi connectivity index (χ2n) is 3.92. The topological polar surface area (TPSA) is 63.0 Å². The highest BCUT2D eigenvalue weighted by Gasteiger charge is 2.14. The van der Waals surface area contributed by atoms with Gasteiger partial charge in [-0.05, 0) is 30.9 Å². The summed E-state index contributed by atoms with van der Waals surface area (Å²) < 4.78 is 5.30. The summed E-state index contributed by atoms with van der Waals surface area (Å²) in [6.45, 7) is 4.02. The lowest BCUT2D eigenvalue weighted by atomic mass is 10.2. The molecular formula is C14H16N2OS2. The van der Waals surface area contributed by atoms with Gasteiger partial charge in [0.1, 0.15) is 11.6 Å². The van der Waals surface area contributed by atoms with Gasteiger partial charge in [0.25, 0.3) is 0 Å². The SMILES string of the molecule is CCSc1cccc(Sc2ccoc2C)c1C(=N)N. The van der Waals surface area contributed by atoms with Crippen LogP contribution in [0.15, 0.2) is 49.6 Å². The molecule has 0 fully saturated rings. The number of nitrogens with one attached hydrogen (secondary N) is 1. The molecule has 0 unspecified atom stereocenters. The van der Waals surface area contributed by atoms with Crippen molar-refractivity contribution >= 4 is 29.4 Å². The Morgan fingerprint density at radius 1 is 1.26 bits per heavy atom. The predicted molar refractivity (Wildman–Crippen MR) is 81.4 cm³/mol. The largest absolute Gasteiger partial charge is 0.468 e. The van der Waals surface area contributed by atoms with E-state index >= 15 is 0 Å². The molecule has 3 nitrogen and oxygen atoms in total. The number of nitrogen functional groups attached to an aromatic ring is 1. The predicted octanol–water partition coefficient (Wildman–Crippen LogP) is 4.14. The van der Waals surface area contributed by atoms with Gasteiger partial charge in [0, 0.05) is 15.4 Å². The number of furan rings is 1. The van der Waals surface area contributed by atoms with Gasteiger partial charge in [0.2, 0.25) is 0 Å². The number of benzene rings is 1. The van der Waals surface area contributed by atoms with E-state index in [1.54, 1.807) is 29.8 Å². The van der Waals surface area contributed by atoms with E-state index in [-0.39, 0.29) is 5.84 Å². The molecule has 5 heteroatoms. The summed E-state index contributed by atoms with van der Waals surface area (Å²) in [4.78, 5) is 3.11. The Labute approximate surface area is 121 Å². The molecule has 19 heavy (non-hydrogen) atoms. The molecule has 100 valence electrons. The molecule has 0 amide bonds. The summed E-state index contributed by atoms with van der Waals surface area (Å²) >= 11 is 3.29. The third kappa shape index (κ3) is 3.16. The molecule has 1 heterocycles. The zero-order valence-electron chi connectivity index (χ0n) is 10.9. The monoisotopic (exact) mass is 292 g/mol. The summed E-state index contributed by atoms with van der Waals surface area (Å²) in [6, 6.07) is 7.94. The van der Waals surface area contributed by atoms with Crippen molar-refractivity contribution in [3.8, 4) is 0 Å². The van der Waals surface area contributed by atoms with E-state index in [1.165, 1.54) is 0 Å². The van der Waals surface area contributed by atoms with E-state index in [0.29, 0.717) is 0 Å². The van der Waals surface area contributed by atoms with Crippen LogP contribution in [0.25, 0.3) is 0 Å². The average molecular weight is 292 g/mol. The van der Waals surface area contributed by atoms with Gasteiger partial charge in [0.15, 0.2) is 0 Å². The standard InChI is InChI=1S/C14H16N2OS2/c1-3-18-11-5-4-6-12(13(11)14(15)16)19-10-7-8-17-9(10)2/h4-8H,3H2,1-2H3,(H3,15,16). The van der Waals surface area contributed by atoms with Gasteiger partial charge >= 0.3 is 0 Å². The van der Waals surface area contributed by atoms with Crippen LogP contribution in [0.3, 0.4) is 0 Å². The molecule has 0 atom stereocenters. The maximum Gasteiger partial charge on any atom is 0.125 e. The van der Waals surface area contributed by atoms with Crippen LogP contribution in [0.4, 0.5) is 0 Å². The highest BCUT2D eigenvalue weighted by atomic mass is 32.2. The van der Waals surface area contributed by atoms with Crippen molar-refractivity contribution in [3.05, 3.63) is 41.9 Å². The number of thioether (sulfide) groups is 1. The molecule has 1 aromatic heterocycles. The lowest BCUT2D eigenvalue weighted by Crippen LogP contribution is -2.13. The van der Waals surface area contributed by atoms with E-state index in [1.807, 2.05) is 31.2 Å². The van der Waals surface area contributed by atoms with Gasteiger partial charge in [-0.15, -0.1) is 11.8 Å². The first kappa shape index (κ1) is 14.1. The highest BCUT2D eigenvalue weighted by molar-refractivity contribution is 8.00. The molecule has 1 aromatic carbocycles. The van der Waals surface area contributed by atoms with Gasteiger partial charge in [-0.3, -0.25) is 5.41 Å². The van der Waals surface area contributed by atoms with Crippen molar-refractivity contribution in [3.63, 3.8) is 0 Å². The third-order valence-corrected chi connectivity index (χ3v) is 4.73. The molecule has 0 bridgehead atoms. The van der Waals surface area contributed by atoms with Crippen LogP contribution in [0.5, 0.6) is 0 Å². The molecule has 0 saturated carbocycles. The molecule has 2 aromatic rings. The van der Waals surface area contributed by atoms with Gasteiger partial charge in [-0.1, -0.05) is 24.8 Å². The van der Waals surface area contributed by atoms with Gasteiger partial charge in [0.05, 0.1) is 11.2 Å². The Hall–Kier alpha value is -1.33. The van der Waals surface area contributed by atoms with Gasteiger partial charge in [-0.25, -0.2) is 0 Å². The number of hydrogen-bond donors (Lipinski definition) is 2. The normalized spacial score (nSPS) is 10.6. The third-order valence-electron chi connectivity index (χ3n) is 2.59. The summed E-state index contributed by atoms with van der Waals surface area (Å²) in [7, 11) is 0. The minimum atomic E-state index is 0.111. The number of nitrogens with two attached hydrogens (primary N) is 1. The van der Waals surface area contributed by atoms with Crippen LogP contribution in [0.1, 0.15) is 18.2 Å². The lowest BCUT2D eigenvalue weighted by Gasteiger charge is -2.12. The fourth-order valence-electron chi connectivity index (χ4n) is 1.73. The molecule has 2 rings (SSSR count). The van der Waals surface area contributed by atoms with Crippen LogP contribution in [0.2, 0.25) is 0 Å². The first-order valence-corrected chi connectivity index (χ1v) is 7.75.